The SMILES string of the molecule is Cc1cc(S(=O)(=O)Cl)cc(C(=O)N2CCC(C)CC2)c1C. The number of amides is 1. The van der Waals surface area contributed by atoms with Gasteiger partial charge in [0.25, 0.3) is 15.0 Å². The van der Waals surface area contributed by atoms with Crippen LogP contribution in [0.4, 0.5) is 0 Å². The van der Waals surface area contributed by atoms with E-state index in [0.29, 0.717) is 11.5 Å². The van der Waals surface area contributed by atoms with Gasteiger partial charge in [0.15, 0.2) is 0 Å². The number of aryl methyl sites for hydroxylation is 1. The molecular formula is C15H20ClNO3S. The quantitative estimate of drug-likeness (QED) is 0.783. The zero-order valence-electron chi connectivity index (χ0n) is 12.5. The molecule has 1 aliphatic heterocycles. The van der Waals surface area contributed by atoms with Crippen LogP contribution >= 0.6 is 10.7 Å². The highest BCUT2D eigenvalue weighted by atomic mass is 35.7. The molecule has 0 aromatic heterocycles. The lowest BCUT2D eigenvalue weighted by atomic mass is 9.97. The maximum Gasteiger partial charge on any atom is 0.261 e. The predicted molar refractivity (Wildman–Crippen MR) is 83.3 cm³/mol. The number of halogens is 1. The Morgan fingerprint density at radius 2 is 1.81 bits per heavy atom. The van der Waals surface area contributed by atoms with Crippen molar-refractivity contribution in [3.8, 4) is 0 Å². The monoisotopic (exact) mass is 329 g/mol. The molecule has 2 rings (SSSR count). The van der Waals surface area contributed by atoms with Crippen molar-refractivity contribution in [3.05, 3.63) is 28.8 Å². The summed E-state index contributed by atoms with van der Waals surface area (Å²) in [6, 6.07) is 2.90. The first-order chi connectivity index (χ1) is 9.70. The fourth-order valence-electron chi connectivity index (χ4n) is 2.57. The summed E-state index contributed by atoms with van der Waals surface area (Å²) in [5.74, 6) is 0.524. The fourth-order valence-corrected chi connectivity index (χ4v) is 3.41. The van der Waals surface area contributed by atoms with E-state index in [1.165, 1.54) is 12.1 Å². The first-order valence-corrected chi connectivity index (χ1v) is 9.36. The van der Waals surface area contributed by atoms with Crippen LogP contribution in [0.5, 0.6) is 0 Å². The molecule has 6 heteroatoms. The van der Waals surface area contributed by atoms with Crippen LogP contribution < -0.4 is 0 Å². The Kier molecular flexibility index (Phi) is 4.63. The van der Waals surface area contributed by atoms with Gasteiger partial charge in [0.05, 0.1) is 4.90 Å². The van der Waals surface area contributed by atoms with Gasteiger partial charge in [-0.2, -0.15) is 0 Å². The van der Waals surface area contributed by atoms with E-state index >= 15 is 0 Å². The van der Waals surface area contributed by atoms with E-state index in [1.54, 1.807) is 11.8 Å². The van der Waals surface area contributed by atoms with Gasteiger partial charge in [-0.25, -0.2) is 8.42 Å². The summed E-state index contributed by atoms with van der Waals surface area (Å²) in [6.45, 7) is 7.24. The van der Waals surface area contributed by atoms with Gasteiger partial charge in [-0.1, -0.05) is 6.92 Å². The molecule has 0 atom stereocenters. The van der Waals surface area contributed by atoms with Crippen LogP contribution in [0.1, 0.15) is 41.3 Å². The van der Waals surface area contributed by atoms with E-state index in [9.17, 15) is 13.2 Å². The second-order valence-corrected chi connectivity index (χ2v) is 8.39. The minimum Gasteiger partial charge on any atom is -0.339 e. The van der Waals surface area contributed by atoms with Gasteiger partial charge in [-0.15, -0.1) is 0 Å². The average Bonchev–Trinajstić information content (AvgIpc) is 2.40. The molecule has 1 fully saturated rings. The molecule has 1 saturated heterocycles. The molecule has 0 radical (unpaired) electrons. The molecule has 1 amide bonds. The summed E-state index contributed by atoms with van der Waals surface area (Å²) in [6.07, 6.45) is 1.97. The molecule has 0 N–H and O–H groups in total. The van der Waals surface area contributed by atoms with Crippen LogP contribution in [0.3, 0.4) is 0 Å². The Hall–Kier alpha value is -1.07. The second kappa shape index (κ2) is 5.97. The number of carbonyl (C=O) groups is 1. The van der Waals surface area contributed by atoms with E-state index in [-0.39, 0.29) is 10.8 Å². The number of nitrogens with zero attached hydrogens (tertiary/aromatic N) is 1. The Morgan fingerprint density at radius 1 is 1.24 bits per heavy atom. The number of piperidine rings is 1. The molecule has 0 spiro atoms. The molecule has 4 nitrogen and oxygen atoms in total. The maximum atomic E-state index is 12.6. The maximum absolute atomic E-state index is 12.6. The standard InChI is InChI=1S/C15H20ClNO3S/c1-10-4-6-17(7-5-10)15(18)14-9-13(21(16,19)20)8-11(2)12(14)3/h8-10H,4-7H2,1-3H3. The van der Waals surface area contributed by atoms with Crippen molar-refractivity contribution in [3.63, 3.8) is 0 Å². The van der Waals surface area contributed by atoms with Gasteiger partial charge in [0.2, 0.25) is 0 Å². The molecule has 21 heavy (non-hydrogen) atoms. The highest BCUT2D eigenvalue weighted by molar-refractivity contribution is 8.13. The smallest absolute Gasteiger partial charge is 0.261 e. The van der Waals surface area contributed by atoms with Gasteiger partial charge in [0.1, 0.15) is 0 Å². The molecule has 0 aliphatic carbocycles. The summed E-state index contributed by atoms with van der Waals surface area (Å²) in [5.41, 5.74) is 2.00. The Morgan fingerprint density at radius 3 is 2.33 bits per heavy atom. The minimum absolute atomic E-state index is 0.0130. The van der Waals surface area contributed by atoms with Crippen LogP contribution in [0, 0.1) is 19.8 Å². The normalized spacial score (nSPS) is 17.0. The Balaban J connectivity index is 2.39. The van der Waals surface area contributed by atoms with Crippen molar-refractivity contribution in [1.82, 2.24) is 4.90 Å². The molecule has 1 aliphatic rings. The number of hydrogen-bond acceptors (Lipinski definition) is 3. The Labute approximate surface area is 130 Å². The van der Waals surface area contributed by atoms with E-state index in [2.05, 4.69) is 6.92 Å². The van der Waals surface area contributed by atoms with Gasteiger partial charge < -0.3 is 4.90 Å². The lowest BCUT2D eigenvalue weighted by molar-refractivity contribution is 0.0696. The molecular weight excluding hydrogens is 310 g/mol. The summed E-state index contributed by atoms with van der Waals surface area (Å²) >= 11 is 0. The van der Waals surface area contributed by atoms with Crippen molar-refractivity contribution >= 4 is 25.6 Å². The van der Waals surface area contributed by atoms with Crippen molar-refractivity contribution in [2.24, 2.45) is 5.92 Å². The van der Waals surface area contributed by atoms with Crippen molar-refractivity contribution in [1.29, 1.82) is 0 Å². The molecule has 1 aromatic carbocycles. The zero-order valence-corrected chi connectivity index (χ0v) is 14.1. The topological polar surface area (TPSA) is 54.5 Å². The summed E-state index contributed by atoms with van der Waals surface area (Å²) < 4.78 is 23.1. The average molecular weight is 330 g/mol. The molecule has 1 heterocycles. The van der Waals surface area contributed by atoms with Crippen molar-refractivity contribution in [2.45, 2.75) is 38.5 Å². The zero-order chi connectivity index (χ0) is 15.8. The van der Waals surface area contributed by atoms with Gasteiger partial charge in [-0.05, 0) is 55.9 Å². The Bertz CT molecular complexity index is 662. The van der Waals surface area contributed by atoms with Crippen LogP contribution in [0.15, 0.2) is 17.0 Å². The number of carbonyl (C=O) groups excluding carboxylic acids is 1. The lowest BCUT2D eigenvalue weighted by Crippen LogP contribution is -2.38. The first-order valence-electron chi connectivity index (χ1n) is 7.05. The first kappa shape index (κ1) is 16.3. The van der Waals surface area contributed by atoms with Crippen LogP contribution in [0.25, 0.3) is 0 Å². The van der Waals surface area contributed by atoms with Crippen molar-refractivity contribution < 1.29 is 13.2 Å². The highest BCUT2D eigenvalue weighted by Crippen LogP contribution is 2.25. The highest BCUT2D eigenvalue weighted by Gasteiger charge is 2.24. The summed E-state index contributed by atoms with van der Waals surface area (Å²) in [4.78, 5) is 14.4. The van der Waals surface area contributed by atoms with Crippen molar-refractivity contribution in [2.75, 3.05) is 13.1 Å². The second-order valence-electron chi connectivity index (χ2n) is 5.83. The number of hydrogen-bond donors (Lipinski definition) is 0. The fraction of sp³-hybridized carbons (Fsp3) is 0.533. The summed E-state index contributed by atoms with van der Waals surface area (Å²) in [7, 11) is 1.58. The van der Waals surface area contributed by atoms with E-state index in [0.717, 1.165) is 37.1 Å². The molecule has 0 unspecified atom stereocenters. The number of rotatable bonds is 2. The molecule has 0 bridgehead atoms. The molecule has 0 saturated carbocycles. The third kappa shape index (κ3) is 3.58. The van der Waals surface area contributed by atoms with E-state index < -0.39 is 9.05 Å². The van der Waals surface area contributed by atoms with Crippen LogP contribution in [-0.2, 0) is 9.05 Å². The van der Waals surface area contributed by atoms with Gasteiger partial charge in [0, 0.05) is 29.3 Å². The summed E-state index contributed by atoms with van der Waals surface area (Å²) in [5, 5.41) is 0. The van der Waals surface area contributed by atoms with E-state index in [4.69, 9.17) is 10.7 Å². The minimum atomic E-state index is -3.84. The number of benzene rings is 1. The van der Waals surface area contributed by atoms with Gasteiger partial charge in [-0.3, -0.25) is 4.79 Å². The van der Waals surface area contributed by atoms with Crippen LogP contribution in [-0.4, -0.2) is 32.3 Å². The largest absolute Gasteiger partial charge is 0.339 e. The number of likely N-dealkylation sites (tertiary alicyclic amines) is 1. The third-order valence-electron chi connectivity index (χ3n) is 4.22. The lowest BCUT2D eigenvalue weighted by Gasteiger charge is -2.31. The molecule has 1 aromatic rings. The third-order valence-corrected chi connectivity index (χ3v) is 5.56. The predicted octanol–water partition coefficient (Wildman–Crippen LogP) is 3.10. The molecule has 116 valence electrons. The van der Waals surface area contributed by atoms with Gasteiger partial charge >= 0.3 is 0 Å². The van der Waals surface area contributed by atoms with E-state index in [1.807, 2.05) is 6.92 Å². The van der Waals surface area contributed by atoms with Crippen LogP contribution in [0.2, 0.25) is 0 Å².